The number of halogens is 1. The molecule has 6 nitrogen and oxygen atoms in total. The first-order valence-electron chi connectivity index (χ1n) is 7.18. The van der Waals surface area contributed by atoms with Crippen molar-refractivity contribution in [3.63, 3.8) is 0 Å². The molecule has 0 aromatic heterocycles. The van der Waals surface area contributed by atoms with Gasteiger partial charge < -0.3 is 15.5 Å². The van der Waals surface area contributed by atoms with E-state index in [-0.39, 0.29) is 30.1 Å². The molecule has 0 bridgehead atoms. The predicted molar refractivity (Wildman–Crippen MR) is 84.3 cm³/mol. The highest BCUT2D eigenvalue weighted by molar-refractivity contribution is 5.97. The molecular weight excluding hydrogens is 301 g/mol. The second kappa shape index (κ2) is 7.71. The Bertz CT molecular complexity index is 596. The Labute approximate surface area is 135 Å². The molecule has 23 heavy (non-hydrogen) atoms. The standard InChI is InChI=1S/C16H22FN3O3/c1-16(2,3)19-13(21)10-20(4)14(22)9-18-15(23)11-7-5-6-8-12(11)17/h5-8H,9-10H2,1-4H3,(H,18,23)(H,19,21). The van der Waals surface area contributed by atoms with Crippen LogP contribution in [-0.2, 0) is 9.59 Å². The lowest BCUT2D eigenvalue weighted by Gasteiger charge is -2.23. The lowest BCUT2D eigenvalue weighted by Crippen LogP contribution is -2.48. The largest absolute Gasteiger partial charge is 0.350 e. The highest BCUT2D eigenvalue weighted by Crippen LogP contribution is 2.05. The molecule has 0 fully saturated rings. The van der Waals surface area contributed by atoms with Crippen molar-refractivity contribution in [1.82, 2.24) is 15.5 Å². The molecule has 2 N–H and O–H groups in total. The molecule has 0 aliphatic heterocycles. The van der Waals surface area contributed by atoms with Crippen LogP contribution >= 0.6 is 0 Å². The molecule has 1 rings (SSSR count). The van der Waals surface area contributed by atoms with Crippen molar-refractivity contribution in [2.45, 2.75) is 26.3 Å². The average Bonchev–Trinajstić information content (AvgIpc) is 2.42. The minimum Gasteiger partial charge on any atom is -0.350 e. The maximum absolute atomic E-state index is 13.4. The van der Waals surface area contributed by atoms with Gasteiger partial charge in [-0.1, -0.05) is 12.1 Å². The molecule has 3 amide bonds. The van der Waals surface area contributed by atoms with Crippen LogP contribution in [0, 0.1) is 5.82 Å². The van der Waals surface area contributed by atoms with E-state index in [9.17, 15) is 18.8 Å². The maximum Gasteiger partial charge on any atom is 0.254 e. The Hall–Kier alpha value is -2.44. The first kappa shape index (κ1) is 18.6. The molecule has 0 saturated heterocycles. The van der Waals surface area contributed by atoms with Crippen LogP contribution < -0.4 is 10.6 Å². The Morgan fingerprint density at radius 1 is 1.17 bits per heavy atom. The number of rotatable bonds is 5. The van der Waals surface area contributed by atoms with Crippen LogP contribution in [-0.4, -0.2) is 48.3 Å². The van der Waals surface area contributed by atoms with Gasteiger partial charge in [-0.15, -0.1) is 0 Å². The van der Waals surface area contributed by atoms with Gasteiger partial charge in [0.1, 0.15) is 5.82 Å². The van der Waals surface area contributed by atoms with Gasteiger partial charge in [0.05, 0.1) is 18.7 Å². The first-order valence-corrected chi connectivity index (χ1v) is 7.18. The molecule has 0 aliphatic carbocycles. The Morgan fingerprint density at radius 3 is 2.35 bits per heavy atom. The fraction of sp³-hybridized carbons (Fsp3) is 0.438. The monoisotopic (exact) mass is 323 g/mol. The van der Waals surface area contributed by atoms with E-state index in [0.29, 0.717) is 0 Å². The number of nitrogens with zero attached hydrogens (tertiary/aromatic N) is 1. The van der Waals surface area contributed by atoms with E-state index in [1.54, 1.807) is 0 Å². The minimum atomic E-state index is -0.677. The lowest BCUT2D eigenvalue weighted by atomic mass is 10.1. The zero-order valence-electron chi connectivity index (χ0n) is 13.8. The van der Waals surface area contributed by atoms with E-state index in [1.165, 1.54) is 36.2 Å². The number of amides is 3. The summed E-state index contributed by atoms with van der Waals surface area (Å²) < 4.78 is 13.4. The molecule has 0 unspecified atom stereocenters. The molecule has 0 spiro atoms. The van der Waals surface area contributed by atoms with E-state index in [1.807, 2.05) is 20.8 Å². The van der Waals surface area contributed by atoms with E-state index in [2.05, 4.69) is 10.6 Å². The van der Waals surface area contributed by atoms with E-state index < -0.39 is 17.6 Å². The number of carbonyl (C=O) groups excluding carboxylic acids is 3. The Morgan fingerprint density at radius 2 is 1.78 bits per heavy atom. The molecule has 0 atom stereocenters. The van der Waals surface area contributed by atoms with E-state index in [0.717, 1.165) is 0 Å². The predicted octanol–water partition coefficient (Wildman–Crippen LogP) is 0.929. The minimum absolute atomic E-state index is 0.119. The lowest BCUT2D eigenvalue weighted by molar-refractivity contribution is -0.134. The third-order valence-corrected chi connectivity index (χ3v) is 2.84. The van der Waals surface area contributed by atoms with Gasteiger partial charge in [0.25, 0.3) is 5.91 Å². The van der Waals surface area contributed by atoms with Crippen molar-refractivity contribution < 1.29 is 18.8 Å². The van der Waals surface area contributed by atoms with Crippen molar-refractivity contribution >= 4 is 17.7 Å². The molecule has 126 valence electrons. The number of likely N-dealkylation sites (N-methyl/N-ethyl adjacent to an activating group) is 1. The number of benzene rings is 1. The molecule has 0 aliphatic rings. The normalized spacial score (nSPS) is 10.8. The van der Waals surface area contributed by atoms with Crippen molar-refractivity contribution in [2.24, 2.45) is 0 Å². The summed E-state index contributed by atoms with van der Waals surface area (Å²) in [6.45, 7) is 5.07. The number of nitrogens with one attached hydrogen (secondary N) is 2. The zero-order chi connectivity index (χ0) is 17.6. The summed E-state index contributed by atoms with van der Waals surface area (Å²) in [6.07, 6.45) is 0. The summed E-state index contributed by atoms with van der Waals surface area (Å²) in [5.41, 5.74) is -0.520. The van der Waals surface area contributed by atoms with E-state index in [4.69, 9.17) is 0 Å². The zero-order valence-corrected chi connectivity index (χ0v) is 13.8. The average molecular weight is 323 g/mol. The van der Waals surface area contributed by atoms with E-state index >= 15 is 0 Å². The van der Waals surface area contributed by atoms with Crippen LogP contribution in [0.5, 0.6) is 0 Å². The van der Waals surface area contributed by atoms with Crippen LogP contribution in [0.25, 0.3) is 0 Å². The van der Waals surface area contributed by atoms with Gasteiger partial charge in [-0.2, -0.15) is 0 Å². The summed E-state index contributed by atoms with van der Waals surface area (Å²) in [5.74, 6) is -2.08. The number of carbonyl (C=O) groups is 3. The van der Waals surface area contributed by atoms with Gasteiger partial charge in [-0.05, 0) is 32.9 Å². The summed E-state index contributed by atoms with van der Waals surface area (Å²) in [5, 5.41) is 5.07. The van der Waals surface area contributed by atoms with Crippen LogP contribution in [0.2, 0.25) is 0 Å². The first-order chi connectivity index (χ1) is 10.6. The topological polar surface area (TPSA) is 78.5 Å². The van der Waals surface area contributed by atoms with Gasteiger partial charge in [0.2, 0.25) is 11.8 Å². The summed E-state index contributed by atoms with van der Waals surface area (Å²) in [6, 6.07) is 5.50. The highest BCUT2D eigenvalue weighted by atomic mass is 19.1. The van der Waals surface area contributed by atoms with Gasteiger partial charge in [0, 0.05) is 12.6 Å². The van der Waals surface area contributed by atoms with Crippen molar-refractivity contribution in [3.8, 4) is 0 Å². The second-order valence-electron chi connectivity index (χ2n) is 6.21. The summed E-state index contributed by atoms with van der Waals surface area (Å²) in [7, 11) is 1.46. The molecule has 0 heterocycles. The fourth-order valence-electron chi connectivity index (χ4n) is 1.79. The molecular formula is C16H22FN3O3. The molecule has 1 aromatic rings. The van der Waals surface area contributed by atoms with Gasteiger partial charge in [-0.25, -0.2) is 4.39 Å². The van der Waals surface area contributed by atoms with Crippen LogP contribution in [0.1, 0.15) is 31.1 Å². The van der Waals surface area contributed by atoms with Crippen LogP contribution in [0.3, 0.4) is 0 Å². The SMILES string of the molecule is CN(CC(=O)NC(C)(C)C)C(=O)CNC(=O)c1ccccc1F. The Balaban J connectivity index is 2.48. The number of hydrogen-bond acceptors (Lipinski definition) is 3. The fourth-order valence-corrected chi connectivity index (χ4v) is 1.79. The van der Waals surface area contributed by atoms with Crippen molar-refractivity contribution in [1.29, 1.82) is 0 Å². The number of hydrogen-bond donors (Lipinski definition) is 2. The molecule has 0 radical (unpaired) electrons. The highest BCUT2D eigenvalue weighted by Gasteiger charge is 2.18. The van der Waals surface area contributed by atoms with Gasteiger partial charge in [0.15, 0.2) is 0 Å². The van der Waals surface area contributed by atoms with Gasteiger partial charge >= 0.3 is 0 Å². The molecule has 7 heteroatoms. The Kier molecular flexibility index (Phi) is 6.24. The third-order valence-electron chi connectivity index (χ3n) is 2.84. The van der Waals surface area contributed by atoms with Crippen molar-refractivity contribution in [3.05, 3.63) is 35.6 Å². The molecule has 0 saturated carbocycles. The summed E-state index contributed by atoms with van der Waals surface area (Å²) in [4.78, 5) is 36.6. The molecule has 1 aromatic carbocycles. The van der Waals surface area contributed by atoms with Crippen molar-refractivity contribution in [2.75, 3.05) is 20.1 Å². The smallest absolute Gasteiger partial charge is 0.254 e. The van der Waals surface area contributed by atoms with Crippen LogP contribution in [0.4, 0.5) is 4.39 Å². The quantitative estimate of drug-likeness (QED) is 0.846. The maximum atomic E-state index is 13.4. The van der Waals surface area contributed by atoms with Gasteiger partial charge in [-0.3, -0.25) is 14.4 Å². The summed E-state index contributed by atoms with van der Waals surface area (Å²) >= 11 is 0. The van der Waals surface area contributed by atoms with Crippen LogP contribution in [0.15, 0.2) is 24.3 Å². The second-order valence-corrected chi connectivity index (χ2v) is 6.21. The third kappa shape index (κ3) is 6.46.